The molecule has 388 valence electrons. The van der Waals surface area contributed by atoms with E-state index >= 15 is 0 Å². The number of nitro benzene ring substituents is 1. The number of nitro groups is 1. The quantitative estimate of drug-likeness (QED) is 0.0748. The first-order chi connectivity index (χ1) is 35.0. The fourth-order valence-corrected chi connectivity index (χ4v) is 13.9. The lowest BCUT2D eigenvalue weighted by Crippen LogP contribution is -2.54. The molecule has 0 unspecified atom stereocenters. The van der Waals surface area contributed by atoms with Crippen molar-refractivity contribution in [2.75, 3.05) is 56.6 Å². The molecule has 3 saturated heterocycles. The minimum absolute atomic E-state index is 0.0461. The zero-order valence-corrected chi connectivity index (χ0v) is 43.6. The summed E-state index contributed by atoms with van der Waals surface area (Å²) < 4.78 is 50.0. The third kappa shape index (κ3) is 9.96. The van der Waals surface area contributed by atoms with Crippen LogP contribution >= 0.6 is 0 Å². The van der Waals surface area contributed by atoms with Gasteiger partial charge >= 0.3 is 0 Å². The lowest BCUT2D eigenvalue weighted by atomic mass is 9.59. The number of piperidine rings is 1. The van der Waals surface area contributed by atoms with Gasteiger partial charge in [-0.15, -0.1) is 0 Å². The van der Waals surface area contributed by atoms with Crippen molar-refractivity contribution in [3.63, 3.8) is 0 Å². The molecule has 6 aliphatic rings. The number of H-pyrrole nitrogens is 1. The Hall–Kier alpha value is -5.91. The molecular weight excluding hydrogens is 945 g/mol. The molecule has 73 heavy (non-hydrogen) atoms. The Bertz CT molecular complexity index is 3000. The molecule has 2 saturated carbocycles. The minimum atomic E-state index is -4.69. The summed E-state index contributed by atoms with van der Waals surface area (Å²) in [6.07, 6.45) is 13.3. The molecule has 17 heteroatoms. The Kier molecular flexibility index (Phi) is 13.1. The number of aromatic nitrogens is 2. The van der Waals surface area contributed by atoms with Gasteiger partial charge in [0, 0.05) is 73.7 Å². The van der Waals surface area contributed by atoms with Crippen molar-refractivity contribution in [2.45, 2.75) is 133 Å². The minimum Gasteiger partial charge on any atom is -0.489 e. The van der Waals surface area contributed by atoms with E-state index in [1.54, 1.807) is 18.3 Å². The number of ether oxygens (including phenoxy) is 3. The van der Waals surface area contributed by atoms with Crippen LogP contribution in [0.2, 0.25) is 0 Å². The Labute approximate surface area is 428 Å². The maximum absolute atomic E-state index is 14.5. The number of carbonyl (C=O) groups is 1. The van der Waals surface area contributed by atoms with E-state index in [4.69, 9.17) is 19.2 Å². The van der Waals surface area contributed by atoms with Crippen LogP contribution in [0.4, 0.5) is 17.1 Å². The van der Waals surface area contributed by atoms with Crippen molar-refractivity contribution in [2.24, 2.45) is 16.7 Å². The number of likely N-dealkylation sites (tertiary alicyclic amines) is 2. The molecule has 3 N–H and O–H groups in total. The highest BCUT2D eigenvalue weighted by Gasteiger charge is 2.50. The third-order valence-corrected chi connectivity index (χ3v) is 18.6. The van der Waals surface area contributed by atoms with E-state index in [1.807, 2.05) is 25.2 Å². The van der Waals surface area contributed by atoms with Crippen LogP contribution in [-0.4, -0.2) is 104 Å². The zero-order valence-electron chi connectivity index (χ0n) is 42.8. The molecule has 5 aromatic rings. The molecule has 3 aromatic carbocycles. The Morgan fingerprint density at radius 1 is 0.945 bits per heavy atom. The van der Waals surface area contributed by atoms with E-state index in [9.17, 15) is 23.3 Å². The summed E-state index contributed by atoms with van der Waals surface area (Å²) in [5.74, 6) is 0.456. The number of hydrogen-bond acceptors (Lipinski definition) is 13. The van der Waals surface area contributed by atoms with Crippen molar-refractivity contribution in [3.8, 4) is 23.1 Å². The van der Waals surface area contributed by atoms with Gasteiger partial charge in [0.25, 0.3) is 27.5 Å². The molecule has 5 fully saturated rings. The number of fused-ring (bicyclic) bond motifs is 2. The predicted octanol–water partition coefficient (Wildman–Crippen LogP) is 10.6. The summed E-state index contributed by atoms with van der Waals surface area (Å²) >= 11 is 0. The Morgan fingerprint density at radius 3 is 2.47 bits per heavy atom. The number of aromatic amines is 1. The summed E-state index contributed by atoms with van der Waals surface area (Å²) in [6, 6.07) is 21.0. The number of benzene rings is 3. The number of nitrogens with one attached hydrogen (secondary N) is 3. The van der Waals surface area contributed by atoms with Crippen LogP contribution < -0.4 is 29.1 Å². The molecule has 2 aliphatic carbocycles. The van der Waals surface area contributed by atoms with Crippen LogP contribution in [0.25, 0.3) is 11.0 Å². The number of pyridine rings is 1. The molecule has 11 rings (SSSR count). The summed E-state index contributed by atoms with van der Waals surface area (Å²) in [6.45, 7) is 13.7. The van der Waals surface area contributed by atoms with E-state index < -0.39 is 31.4 Å². The van der Waals surface area contributed by atoms with E-state index in [1.165, 1.54) is 42.9 Å². The maximum atomic E-state index is 14.5. The van der Waals surface area contributed by atoms with Crippen LogP contribution in [0.1, 0.15) is 132 Å². The topological polar surface area (TPSA) is 184 Å². The van der Waals surface area contributed by atoms with Crippen LogP contribution in [0.3, 0.4) is 0 Å². The highest BCUT2D eigenvalue weighted by molar-refractivity contribution is 7.90. The van der Waals surface area contributed by atoms with Crippen LogP contribution in [0, 0.1) is 26.9 Å². The van der Waals surface area contributed by atoms with E-state index in [0.29, 0.717) is 30.2 Å². The highest BCUT2D eigenvalue weighted by Crippen LogP contribution is 2.55. The van der Waals surface area contributed by atoms with E-state index in [2.05, 4.69) is 81.7 Å². The molecule has 0 bridgehead atoms. The summed E-state index contributed by atoms with van der Waals surface area (Å²) in [5.41, 5.74) is 4.57. The van der Waals surface area contributed by atoms with Crippen molar-refractivity contribution in [3.05, 3.63) is 99.7 Å². The Balaban J connectivity index is 0.846. The third-order valence-electron chi connectivity index (χ3n) is 17.3. The molecule has 2 aromatic heterocycles. The lowest BCUT2D eigenvalue weighted by molar-refractivity contribution is -0.384. The van der Waals surface area contributed by atoms with Gasteiger partial charge in [0.1, 0.15) is 24.1 Å². The molecule has 1 spiro atoms. The second kappa shape index (κ2) is 19.4. The SMILES string of the molecule is CC(C)c1ccccc1[C@@H]1CCCN1C1CC2(CCN(c3ccc(C(=O)NS(=O)(=O)c4cc5c(c([N+](=O)[O-])c4)N[C@@H](C4CCC(C)(C)CC4)CO5)c(Oc4cc5cc[nH]c5nc4O[C@H]4CCN(C)C4)c3)CC2)C1. The number of amides is 1. The summed E-state index contributed by atoms with van der Waals surface area (Å²) in [7, 11) is -2.65. The van der Waals surface area contributed by atoms with Gasteiger partial charge in [-0.1, -0.05) is 52.0 Å². The van der Waals surface area contributed by atoms with Gasteiger partial charge in [-0.25, -0.2) is 13.1 Å². The zero-order chi connectivity index (χ0) is 50.8. The van der Waals surface area contributed by atoms with Crippen LogP contribution in [-0.2, 0) is 10.0 Å². The molecular formula is C56H70N8O8S. The van der Waals surface area contributed by atoms with Crippen LogP contribution in [0.15, 0.2) is 77.8 Å². The maximum Gasteiger partial charge on any atom is 0.297 e. The number of nitrogens with zero attached hydrogens (tertiary/aromatic N) is 5. The first kappa shape index (κ1) is 49.3. The molecule has 6 heterocycles. The van der Waals surface area contributed by atoms with Gasteiger partial charge in [0.05, 0.1) is 21.4 Å². The van der Waals surface area contributed by atoms with E-state index in [-0.39, 0.29) is 69.9 Å². The smallest absolute Gasteiger partial charge is 0.297 e. The second-order valence-electron chi connectivity index (χ2n) is 23.1. The van der Waals surface area contributed by atoms with Crippen molar-refractivity contribution in [1.29, 1.82) is 0 Å². The van der Waals surface area contributed by atoms with Gasteiger partial charge < -0.3 is 34.3 Å². The van der Waals surface area contributed by atoms with Crippen molar-refractivity contribution < 1.29 is 32.3 Å². The van der Waals surface area contributed by atoms with Crippen molar-refractivity contribution >= 4 is 44.0 Å². The predicted molar refractivity (Wildman–Crippen MR) is 282 cm³/mol. The number of hydrogen-bond donors (Lipinski definition) is 3. The number of carbonyl (C=O) groups excluding carboxylic acids is 1. The fraction of sp³-hybridized carbons (Fsp3) is 0.536. The first-order valence-electron chi connectivity index (χ1n) is 26.5. The average molecular weight is 1020 g/mol. The van der Waals surface area contributed by atoms with Crippen LogP contribution in [0.5, 0.6) is 23.1 Å². The van der Waals surface area contributed by atoms with Crippen molar-refractivity contribution in [1.82, 2.24) is 24.5 Å². The van der Waals surface area contributed by atoms with Gasteiger partial charge in [-0.05, 0) is 142 Å². The second-order valence-corrected chi connectivity index (χ2v) is 24.8. The molecule has 4 aliphatic heterocycles. The fourth-order valence-electron chi connectivity index (χ4n) is 12.9. The van der Waals surface area contributed by atoms with Gasteiger partial charge in [0.2, 0.25) is 0 Å². The van der Waals surface area contributed by atoms with Gasteiger partial charge in [0.15, 0.2) is 17.2 Å². The van der Waals surface area contributed by atoms with Gasteiger partial charge in [-0.3, -0.25) is 19.8 Å². The molecule has 1 amide bonds. The monoisotopic (exact) mass is 1010 g/mol. The largest absolute Gasteiger partial charge is 0.489 e. The Morgan fingerprint density at radius 2 is 1.73 bits per heavy atom. The lowest BCUT2D eigenvalue weighted by Gasteiger charge is -2.56. The molecule has 3 atom stereocenters. The summed E-state index contributed by atoms with van der Waals surface area (Å²) in [4.78, 5) is 41.2. The standard InChI is InChI=1S/C56H70N8O8S/c1-35(2)42-9-6-7-10-43(42)46-11-8-23-63(46)39-31-56(32-39)20-25-62(26-21-56)38-12-13-44(48(28-38)72-50-27-37-16-22-57-52(37)59-54(50)71-40-17-24-61(5)33-40)53(65)60-73(68,69)41-29-47(64(66)67)51-49(30-41)70-34-45(58-51)36-14-18-55(3,4)19-15-36/h6-7,9-10,12-13,16,22,27-30,35-36,39-40,45-46,58H,8,11,14-15,17-21,23-26,31-34H2,1-5H3,(H,57,59)(H,60,65)/t40-,45+,46-/m0/s1. The highest BCUT2D eigenvalue weighted by atomic mass is 32.2. The number of rotatable bonds is 13. The molecule has 0 radical (unpaired) electrons. The molecule has 16 nitrogen and oxygen atoms in total. The number of anilines is 2. The number of sulfonamides is 1. The van der Waals surface area contributed by atoms with Gasteiger partial charge in [-0.2, -0.15) is 4.98 Å². The van der Waals surface area contributed by atoms with E-state index in [0.717, 1.165) is 88.3 Å². The first-order valence-corrected chi connectivity index (χ1v) is 28.0. The average Bonchev–Trinajstić information content (AvgIpc) is 4.14. The number of likely N-dealkylation sites (N-methyl/N-ethyl adjacent to an activating group) is 1. The normalized spacial score (nSPS) is 23.5. The summed E-state index contributed by atoms with van der Waals surface area (Å²) in [5, 5.41) is 16.7.